The highest BCUT2D eigenvalue weighted by atomic mass is 127. The molecule has 0 unspecified atom stereocenters. The summed E-state index contributed by atoms with van der Waals surface area (Å²) in [5, 5.41) is 1.11. The predicted molar refractivity (Wildman–Crippen MR) is 105 cm³/mol. The lowest BCUT2D eigenvalue weighted by atomic mass is 10.2. The first-order valence-corrected chi connectivity index (χ1v) is 8.66. The van der Waals surface area contributed by atoms with E-state index in [0.717, 1.165) is 14.7 Å². The number of ether oxygens (including phenoxy) is 2. The van der Waals surface area contributed by atoms with Gasteiger partial charge in [-0.05, 0) is 58.5 Å². The first-order chi connectivity index (χ1) is 11.4. The van der Waals surface area contributed by atoms with Crippen molar-refractivity contribution in [3.8, 4) is 11.5 Å². The Bertz CT molecular complexity index is 794. The van der Waals surface area contributed by atoms with Crippen molar-refractivity contribution in [3.63, 3.8) is 0 Å². The van der Waals surface area contributed by atoms with Gasteiger partial charge in [-0.25, -0.2) is 0 Å². The molecule has 2 aromatic rings. The van der Waals surface area contributed by atoms with Crippen LogP contribution in [-0.4, -0.2) is 13.0 Å². The minimum Gasteiger partial charge on any atom is -0.493 e. The van der Waals surface area contributed by atoms with Crippen molar-refractivity contribution in [2.24, 2.45) is 5.73 Å². The maximum Gasteiger partial charge on any atom is 0.241 e. The Morgan fingerprint density at radius 1 is 1.29 bits per heavy atom. The van der Waals surface area contributed by atoms with Gasteiger partial charge in [-0.1, -0.05) is 29.3 Å². The Morgan fingerprint density at radius 2 is 2.04 bits per heavy atom. The van der Waals surface area contributed by atoms with E-state index in [1.807, 2.05) is 12.1 Å². The molecule has 0 saturated carbocycles. The molecule has 1 amide bonds. The molecule has 2 rings (SSSR count). The number of hydrogen-bond acceptors (Lipinski definition) is 3. The van der Waals surface area contributed by atoms with Gasteiger partial charge in [0.1, 0.15) is 6.61 Å². The molecule has 0 bridgehead atoms. The van der Waals surface area contributed by atoms with Crippen molar-refractivity contribution >= 4 is 57.8 Å². The maximum absolute atomic E-state index is 10.8. The molecule has 126 valence electrons. The summed E-state index contributed by atoms with van der Waals surface area (Å²) in [6.07, 6.45) is 2.91. The molecule has 0 aliphatic carbocycles. The predicted octanol–water partition coefficient (Wildman–Crippen LogP) is 4.68. The lowest BCUT2D eigenvalue weighted by Gasteiger charge is -2.14. The van der Waals surface area contributed by atoms with Gasteiger partial charge in [0.05, 0.1) is 10.7 Å². The zero-order chi connectivity index (χ0) is 17.7. The summed E-state index contributed by atoms with van der Waals surface area (Å²) in [7, 11) is 1.55. The van der Waals surface area contributed by atoms with Crippen LogP contribution in [0.1, 0.15) is 11.1 Å². The van der Waals surface area contributed by atoms with Crippen LogP contribution in [0.5, 0.6) is 11.5 Å². The van der Waals surface area contributed by atoms with Crippen molar-refractivity contribution in [3.05, 3.63) is 61.2 Å². The number of nitrogens with two attached hydrogens (primary N) is 1. The minimum atomic E-state index is -0.512. The first kappa shape index (κ1) is 18.9. The minimum absolute atomic E-state index is 0.277. The summed E-state index contributed by atoms with van der Waals surface area (Å²) < 4.78 is 12.1. The summed E-state index contributed by atoms with van der Waals surface area (Å²) >= 11 is 14.2. The lowest BCUT2D eigenvalue weighted by molar-refractivity contribution is -0.113. The molecule has 0 heterocycles. The number of benzene rings is 2. The fourth-order valence-electron chi connectivity index (χ4n) is 1.94. The average molecular weight is 478 g/mol. The summed E-state index contributed by atoms with van der Waals surface area (Å²) in [6, 6.07) is 8.86. The second kappa shape index (κ2) is 8.60. The Labute approximate surface area is 163 Å². The highest BCUT2D eigenvalue weighted by Gasteiger charge is 2.12. The van der Waals surface area contributed by atoms with Crippen LogP contribution in [0.4, 0.5) is 0 Å². The quantitative estimate of drug-likeness (QED) is 0.485. The van der Waals surface area contributed by atoms with Gasteiger partial charge in [0, 0.05) is 21.7 Å². The monoisotopic (exact) mass is 477 g/mol. The third kappa shape index (κ3) is 5.03. The highest BCUT2D eigenvalue weighted by molar-refractivity contribution is 14.1. The molecule has 2 N–H and O–H groups in total. The van der Waals surface area contributed by atoms with Crippen molar-refractivity contribution in [1.29, 1.82) is 0 Å². The van der Waals surface area contributed by atoms with Crippen LogP contribution in [-0.2, 0) is 11.4 Å². The largest absolute Gasteiger partial charge is 0.493 e. The first-order valence-electron chi connectivity index (χ1n) is 6.82. The normalized spacial score (nSPS) is 10.8. The number of carbonyl (C=O) groups is 1. The van der Waals surface area contributed by atoms with Crippen LogP contribution in [0.2, 0.25) is 10.0 Å². The van der Waals surface area contributed by atoms with E-state index in [0.29, 0.717) is 21.5 Å². The van der Waals surface area contributed by atoms with Crippen molar-refractivity contribution in [2.75, 3.05) is 7.11 Å². The Balaban J connectivity index is 2.24. The van der Waals surface area contributed by atoms with Crippen LogP contribution in [0.15, 0.2) is 36.4 Å². The molecule has 0 saturated heterocycles. The van der Waals surface area contributed by atoms with Gasteiger partial charge in [0.2, 0.25) is 5.91 Å². The summed E-state index contributed by atoms with van der Waals surface area (Å²) in [5.74, 6) is 0.637. The third-order valence-electron chi connectivity index (χ3n) is 3.08. The zero-order valence-electron chi connectivity index (χ0n) is 12.7. The van der Waals surface area contributed by atoms with E-state index in [2.05, 4.69) is 22.6 Å². The maximum atomic E-state index is 10.8. The van der Waals surface area contributed by atoms with E-state index in [1.54, 1.807) is 31.4 Å². The SMILES string of the molecule is COc1cc(/C=C/C(N)=O)cc(I)c1OCc1ccc(Cl)cc1Cl. The summed E-state index contributed by atoms with van der Waals surface area (Å²) in [4.78, 5) is 10.8. The smallest absolute Gasteiger partial charge is 0.241 e. The molecule has 24 heavy (non-hydrogen) atoms. The van der Waals surface area contributed by atoms with E-state index in [1.165, 1.54) is 6.08 Å². The fraction of sp³-hybridized carbons (Fsp3) is 0.118. The number of primary amides is 1. The van der Waals surface area contributed by atoms with Crippen LogP contribution in [0, 0.1) is 3.57 Å². The molecule has 7 heteroatoms. The van der Waals surface area contributed by atoms with Crippen molar-refractivity contribution < 1.29 is 14.3 Å². The topological polar surface area (TPSA) is 61.5 Å². The molecule has 0 aromatic heterocycles. The Morgan fingerprint density at radius 3 is 2.67 bits per heavy atom. The fourth-order valence-corrected chi connectivity index (χ4v) is 3.19. The molecule has 0 radical (unpaired) electrons. The van der Waals surface area contributed by atoms with Gasteiger partial charge < -0.3 is 15.2 Å². The number of halogens is 3. The Hall–Kier alpha value is -1.44. The molecular formula is C17H14Cl2INO3. The molecule has 0 atom stereocenters. The van der Waals surface area contributed by atoms with Gasteiger partial charge in [-0.3, -0.25) is 4.79 Å². The zero-order valence-corrected chi connectivity index (χ0v) is 16.4. The summed E-state index contributed by atoms with van der Waals surface area (Å²) in [5.41, 5.74) is 6.71. The summed E-state index contributed by atoms with van der Waals surface area (Å²) in [6.45, 7) is 0.277. The van der Waals surface area contributed by atoms with Crippen LogP contribution in [0.3, 0.4) is 0 Å². The number of rotatable bonds is 6. The highest BCUT2D eigenvalue weighted by Crippen LogP contribution is 2.35. The second-order valence-electron chi connectivity index (χ2n) is 4.79. The molecule has 0 aliphatic rings. The van der Waals surface area contributed by atoms with E-state index < -0.39 is 5.91 Å². The number of amides is 1. The third-order valence-corrected chi connectivity index (χ3v) is 4.47. The lowest BCUT2D eigenvalue weighted by Crippen LogP contribution is -2.05. The molecule has 0 spiro atoms. The van der Waals surface area contributed by atoms with Gasteiger partial charge in [0.25, 0.3) is 0 Å². The van der Waals surface area contributed by atoms with E-state index in [4.69, 9.17) is 38.4 Å². The number of carbonyl (C=O) groups excluding carboxylic acids is 1. The number of methoxy groups -OCH3 is 1. The second-order valence-corrected chi connectivity index (χ2v) is 6.80. The molecule has 4 nitrogen and oxygen atoms in total. The van der Waals surface area contributed by atoms with Gasteiger partial charge in [-0.2, -0.15) is 0 Å². The van der Waals surface area contributed by atoms with Gasteiger partial charge in [0.15, 0.2) is 11.5 Å². The van der Waals surface area contributed by atoms with Crippen molar-refractivity contribution in [2.45, 2.75) is 6.61 Å². The van der Waals surface area contributed by atoms with Crippen LogP contribution in [0.25, 0.3) is 6.08 Å². The van der Waals surface area contributed by atoms with Crippen LogP contribution >= 0.6 is 45.8 Å². The van der Waals surface area contributed by atoms with Crippen molar-refractivity contribution in [1.82, 2.24) is 0 Å². The van der Waals surface area contributed by atoms with E-state index >= 15 is 0 Å². The van der Waals surface area contributed by atoms with E-state index in [9.17, 15) is 4.79 Å². The van der Waals surface area contributed by atoms with Crippen LogP contribution < -0.4 is 15.2 Å². The number of hydrogen-bond donors (Lipinski definition) is 1. The molecule has 2 aromatic carbocycles. The Kier molecular flexibility index (Phi) is 6.77. The molecule has 0 fully saturated rings. The van der Waals surface area contributed by atoms with Gasteiger partial charge >= 0.3 is 0 Å². The molecule has 0 aliphatic heterocycles. The van der Waals surface area contributed by atoms with Gasteiger partial charge in [-0.15, -0.1) is 0 Å². The average Bonchev–Trinajstić information content (AvgIpc) is 2.52. The van der Waals surface area contributed by atoms with E-state index in [-0.39, 0.29) is 6.61 Å². The standard InChI is InChI=1S/C17H14Cl2INO3/c1-23-15-7-10(2-5-16(21)22)6-14(20)17(15)24-9-11-3-4-12(18)8-13(11)19/h2-8H,9H2,1H3,(H2,21,22)/b5-2+. The molecular weight excluding hydrogens is 464 g/mol.